The van der Waals surface area contributed by atoms with Crippen LogP contribution in [0, 0.1) is 0 Å². The molecule has 0 radical (unpaired) electrons. The van der Waals surface area contributed by atoms with E-state index < -0.39 is 61.4 Å². The van der Waals surface area contributed by atoms with E-state index in [2.05, 4.69) is 0 Å². The molecule has 0 saturated carbocycles. The highest BCUT2D eigenvalue weighted by atomic mass is 16.8. The van der Waals surface area contributed by atoms with Crippen LogP contribution in [0.5, 0.6) is 0 Å². The lowest BCUT2D eigenvalue weighted by molar-refractivity contribution is -0.373. The molecule has 3 aliphatic heterocycles. The Morgan fingerprint density at radius 2 is 0.905 bits per heavy atom. The number of hydrogen-bond acceptors (Lipinski definition) is 14. The Kier molecular flexibility index (Phi) is 15.2. The largest absolute Gasteiger partial charge is 0.382 e. The van der Waals surface area contributed by atoms with Crippen molar-refractivity contribution in [3.63, 3.8) is 0 Å². The summed E-state index contributed by atoms with van der Waals surface area (Å²) in [5.41, 5.74) is 0. The van der Waals surface area contributed by atoms with Crippen LogP contribution in [0.15, 0.2) is 0 Å². The molecule has 3 heterocycles. The minimum atomic E-state index is -0.902. The third-order valence-electron chi connectivity index (χ3n) is 8.22. The third kappa shape index (κ3) is 8.17. The van der Waals surface area contributed by atoms with Gasteiger partial charge < -0.3 is 66.3 Å². The van der Waals surface area contributed by atoms with E-state index in [0.717, 1.165) is 0 Å². The van der Waals surface area contributed by atoms with Gasteiger partial charge >= 0.3 is 0 Å². The van der Waals surface area contributed by atoms with Crippen LogP contribution in [0.3, 0.4) is 0 Å². The van der Waals surface area contributed by atoms with Gasteiger partial charge in [0.2, 0.25) is 0 Å². The SMILES string of the molecule is COCC1O[C@H](O[C@@H]2C(COC)O[C@H](O[C@@H]3C(COC)O[C@H](C)C(OC)[C@@H]3OC)C(OC)[C@@H]2OC)C(OC)C[C@@H]1OC. The lowest BCUT2D eigenvalue weighted by Crippen LogP contribution is -2.66. The molecule has 14 heteroatoms. The second-order valence-electron chi connectivity index (χ2n) is 10.6. The standard InChI is InChI=1S/C28H52O14/c1-15-21(34-7)24(35-8)22(19(38-15)13-30-3)42-28-26(37-10)25(36-9)23(20(40-28)14-31-4)41-27-17(33-6)11-16(32-5)18(39-27)12-29-2/h15-28H,11-14H2,1-10H3/t15-,16+,17?,18?,19?,20?,21?,22-,23-,24+,25-,26?,27-,28-/m1/s1. The fourth-order valence-electron chi connectivity index (χ4n) is 6.16. The summed E-state index contributed by atoms with van der Waals surface area (Å²) in [6, 6.07) is 0. The summed E-state index contributed by atoms with van der Waals surface area (Å²) in [4.78, 5) is 0. The summed E-state index contributed by atoms with van der Waals surface area (Å²) in [7, 11) is 14.4. The highest BCUT2D eigenvalue weighted by Crippen LogP contribution is 2.36. The lowest BCUT2D eigenvalue weighted by Gasteiger charge is -2.50. The highest BCUT2D eigenvalue weighted by molar-refractivity contribution is 4.98. The molecule has 0 aromatic carbocycles. The van der Waals surface area contributed by atoms with Gasteiger partial charge in [0.05, 0.1) is 32.0 Å². The van der Waals surface area contributed by atoms with Gasteiger partial charge in [0.25, 0.3) is 0 Å². The van der Waals surface area contributed by atoms with E-state index in [0.29, 0.717) is 13.0 Å². The number of rotatable bonds is 16. The predicted molar refractivity (Wildman–Crippen MR) is 146 cm³/mol. The van der Waals surface area contributed by atoms with E-state index in [9.17, 15) is 0 Å². The summed E-state index contributed by atoms with van der Waals surface area (Å²) in [5.74, 6) is 0. The zero-order valence-electron chi connectivity index (χ0n) is 26.6. The van der Waals surface area contributed by atoms with Gasteiger partial charge in [0, 0.05) is 70.4 Å². The summed E-state index contributed by atoms with van der Waals surface area (Å²) < 4.78 is 83.5. The zero-order valence-corrected chi connectivity index (χ0v) is 26.6. The van der Waals surface area contributed by atoms with Crippen LogP contribution in [0.1, 0.15) is 13.3 Å². The monoisotopic (exact) mass is 612 g/mol. The van der Waals surface area contributed by atoms with E-state index in [1.807, 2.05) is 6.92 Å². The van der Waals surface area contributed by atoms with Crippen LogP contribution in [0.25, 0.3) is 0 Å². The molecule has 6 unspecified atom stereocenters. The van der Waals surface area contributed by atoms with Gasteiger partial charge in [-0.05, 0) is 6.92 Å². The van der Waals surface area contributed by atoms with Gasteiger partial charge in [0.1, 0.15) is 61.0 Å². The van der Waals surface area contributed by atoms with Gasteiger partial charge in [-0.1, -0.05) is 0 Å². The number of hydrogen-bond donors (Lipinski definition) is 0. The Hall–Kier alpha value is -0.560. The Morgan fingerprint density at radius 1 is 0.452 bits per heavy atom. The molecule has 248 valence electrons. The van der Waals surface area contributed by atoms with Crippen molar-refractivity contribution >= 4 is 0 Å². The van der Waals surface area contributed by atoms with Crippen LogP contribution < -0.4 is 0 Å². The van der Waals surface area contributed by atoms with E-state index in [1.165, 1.54) is 0 Å². The van der Waals surface area contributed by atoms with Crippen LogP contribution in [0.4, 0.5) is 0 Å². The molecule has 0 amide bonds. The zero-order chi connectivity index (χ0) is 30.8. The van der Waals surface area contributed by atoms with Gasteiger partial charge in [-0.25, -0.2) is 0 Å². The van der Waals surface area contributed by atoms with Crippen molar-refractivity contribution in [1.82, 2.24) is 0 Å². The molecule has 3 rings (SSSR count). The van der Waals surface area contributed by atoms with Crippen LogP contribution in [0.2, 0.25) is 0 Å². The first-order valence-electron chi connectivity index (χ1n) is 14.3. The average Bonchev–Trinajstić information content (AvgIpc) is 2.99. The molecule has 0 aliphatic carbocycles. The topological polar surface area (TPSA) is 129 Å². The normalized spacial score (nSPS) is 43.0. The van der Waals surface area contributed by atoms with Crippen molar-refractivity contribution in [1.29, 1.82) is 0 Å². The molecular formula is C28H52O14. The average molecular weight is 613 g/mol. The molecule has 42 heavy (non-hydrogen) atoms. The molecule has 14 atom stereocenters. The summed E-state index contributed by atoms with van der Waals surface area (Å²) in [6.45, 7) is 2.72. The van der Waals surface area contributed by atoms with Crippen molar-refractivity contribution in [3.05, 3.63) is 0 Å². The van der Waals surface area contributed by atoms with Gasteiger partial charge in [-0.3, -0.25) is 0 Å². The summed E-state index contributed by atoms with van der Waals surface area (Å²) >= 11 is 0. The second kappa shape index (κ2) is 17.8. The molecular weight excluding hydrogens is 560 g/mol. The minimum Gasteiger partial charge on any atom is -0.382 e. The minimum absolute atomic E-state index is 0.182. The van der Waals surface area contributed by atoms with Crippen molar-refractivity contribution in [2.24, 2.45) is 0 Å². The maximum Gasteiger partial charge on any atom is 0.187 e. The van der Waals surface area contributed by atoms with Crippen molar-refractivity contribution in [2.75, 3.05) is 83.8 Å². The van der Waals surface area contributed by atoms with Crippen LogP contribution in [-0.4, -0.2) is 170 Å². The first-order chi connectivity index (χ1) is 20.3. The van der Waals surface area contributed by atoms with E-state index in [4.69, 9.17) is 66.3 Å². The maximum absolute atomic E-state index is 6.61. The molecule has 14 nitrogen and oxygen atoms in total. The number of ether oxygens (including phenoxy) is 14. The van der Waals surface area contributed by atoms with E-state index >= 15 is 0 Å². The molecule has 3 aliphatic rings. The van der Waals surface area contributed by atoms with Crippen molar-refractivity contribution in [2.45, 2.75) is 99.2 Å². The maximum atomic E-state index is 6.61. The van der Waals surface area contributed by atoms with Crippen molar-refractivity contribution in [3.8, 4) is 0 Å². The molecule has 0 N–H and O–H groups in total. The number of methoxy groups -OCH3 is 9. The molecule has 0 bridgehead atoms. The first-order valence-corrected chi connectivity index (χ1v) is 14.3. The highest BCUT2D eigenvalue weighted by Gasteiger charge is 2.54. The lowest BCUT2D eigenvalue weighted by atomic mass is 9.94. The Balaban J connectivity index is 1.87. The van der Waals surface area contributed by atoms with Gasteiger partial charge in [-0.2, -0.15) is 0 Å². The smallest absolute Gasteiger partial charge is 0.187 e. The fourth-order valence-corrected chi connectivity index (χ4v) is 6.16. The molecule has 0 aromatic heterocycles. The van der Waals surface area contributed by atoms with Crippen molar-refractivity contribution < 1.29 is 66.3 Å². The summed E-state index contributed by atoms with van der Waals surface area (Å²) in [6.07, 6.45) is -6.93. The van der Waals surface area contributed by atoms with Crippen LogP contribution >= 0.6 is 0 Å². The molecule has 3 saturated heterocycles. The van der Waals surface area contributed by atoms with Gasteiger partial charge in [0.15, 0.2) is 12.6 Å². The summed E-state index contributed by atoms with van der Waals surface area (Å²) in [5, 5.41) is 0. The molecule has 0 spiro atoms. The third-order valence-corrected chi connectivity index (χ3v) is 8.22. The van der Waals surface area contributed by atoms with E-state index in [1.54, 1.807) is 64.0 Å². The Bertz CT molecular complexity index is 747. The molecule has 3 fully saturated rings. The Labute approximate surface area is 249 Å². The Morgan fingerprint density at radius 3 is 1.40 bits per heavy atom. The van der Waals surface area contributed by atoms with Crippen LogP contribution in [-0.2, 0) is 66.3 Å². The van der Waals surface area contributed by atoms with E-state index in [-0.39, 0.29) is 37.6 Å². The second-order valence-corrected chi connectivity index (χ2v) is 10.6. The quantitative estimate of drug-likeness (QED) is 0.239. The molecule has 0 aromatic rings. The fraction of sp³-hybridized carbons (Fsp3) is 1.00. The first kappa shape index (κ1) is 35.9. The predicted octanol–water partition coefficient (Wildman–Crippen LogP) is 0.413. The van der Waals surface area contributed by atoms with Gasteiger partial charge in [-0.15, -0.1) is 0 Å².